The van der Waals surface area contributed by atoms with Crippen molar-refractivity contribution in [2.24, 2.45) is 0 Å². The first-order valence-corrected chi connectivity index (χ1v) is 12.0. The molecule has 3 aromatic rings. The van der Waals surface area contributed by atoms with Crippen molar-refractivity contribution in [2.45, 2.75) is 37.8 Å². The minimum absolute atomic E-state index is 0.0494. The molecule has 0 aliphatic rings. The number of hydrogen-bond acceptors (Lipinski definition) is 5. The van der Waals surface area contributed by atoms with Crippen LogP contribution in [0.4, 0.5) is 8.78 Å². The van der Waals surface area contributed by atoms with E-state index in [-0.39, 0.29) is 34.5 Å². The lowest BCUT2D eigenvalue weighted by atomic mass is 10.1. The maximum Gasteiger partial charge on any atom is 0.339 e. The highest BCUT2D eigenvalue weighted by molar-refractivity contribution is 7.87. The van der Waals surface area contributed by atoms with Crippen LogP contribution in [-0.2, 0) is 16.7 Å². The standard InChI is InChI=1S/C25H25F2NO5S/c1-4-17(2)28(25(29)21-7-5-6-8-22(21)27)16-18-9-14-23(32-3)24(15-18)33-34(30,31)20-12-10-19(26)11-13-20/h5-15,17H,4,16H2,1-3H3/t17-/m1/s1. The van der Waals surface area contributed by atoms with Crippen molar-refractivity contribution in [3.8, 4) is 11.5 Å². The molecule has 6 nitrogen and oxygen atoms in total. The molecule has 3 rings (SSSR count). The quantitative estimate of drug-likeness (QED) is 0.387. The predicted molar refractivity (Wildman–Crippen MR) is 123 cm³/mol. The molecule has 0 radical (unpaired) electrons. The van der Waals surface area contributed by atoms with E-state index in [1.807, 2.05) is 13.8 Å². The van der Waals surface area contributed by atoms with Crippen molar-refractivity contribution in [1.29, 1.82) is 0 Å². The summed E-state index contributed by atoms with van der Waals surface area (Å²) < 4.78 is 63.4. The van der Waals surface area contributed by atoms with E-state index in [2.05, 4.69) is 0 Å². The third kappa shape index (κ3) is 5.72. The second kappa shape index (κ2) is 10.6. The third-order valence-corrected chi connectivity index (χ3v) is 6.62. The van der Waals surface area contributed by atoms with Crippen molar-refractivity contribution in [3.63, 3.8) is 0 Å². The molecule has 0 aliphatic heterocycles. The molecule has 0 bridgehead atoms. The number of amides is 1. The normalized spacial score (nSPS) is 12.1. The summed E-state index contributed by atoms with van der Waals surface area (Å²) in [6, 6.07) is 14.4. The number of halogens is 2. The van der Waals surface area contributed by atoms with E-state index in [0.29, 0.717) is 12.0 Å². The number of methoxy groups -OCH3 is 1. The fraction of sp³-hybridized carbons (Fsp3) is 0.240. The van der Waals surface area contributed by atoms with Gasteiger partial charge in [0.05, 0.1) is 12.7 Å². The number of benzene rings is 3. The monoisotopic (exact) mass is 489 g/mol. The number of rotatable bonds is 9. The average molecular weight is 490 g/mol. The number of ether oxygens (including phenoxy) is 1. The van der Waals surface area contributed by atoms with Crippen molar-refractivity contribution in [3.05, 3.63) is 89.5 Å². The molecule has 1 atom stereocenters. The molecule has 1 amide bonds. The Bertz CT molecular complexity index is 1260. The van der Waals surface area contributed by atoms with Crippen LogP contribution in [0.5, 0.6) is 11.5 Å². The zero-order valence-electron chi connectivity index (χ0n) is 19.0. The molecule has 0 saturated heterocycles. The maximum atomic E-state index is 14.3. The van der Waals surface area contributed by atoms with E-state index in [1.54, 1.807) is 12.1 Å². The van der Waals surface area contributed by atoms with Crippen LogP contribution in [0.15, 0.2) is 71.6 Å². The largest absolute Gasteiger partial charge is 0.493 e. The van der Waals surface area contributed by atoms with E-state index >= 15 is 0 Å². The Morgan fingerprint density at radius 2 is 1.68 bits per heavy atom. The Kier molecular flexibility index (Phi) is 7.88. The molecular formula is C25H25F2NO5S. The summed E-state index contributed by atoms with van der Waals surface area (Å²) in [5.41, 5.74) is 0.502. The van der Waals surface area contributed by atoms with Crippen molar-refractivity contribution < 1.29 is 30.9 Å². The zero-order chi connectivity index (χ0) is 24.9. The minimum Gasteiger partial charge on any atom is -0.493 e. The summed E-state index contributed by atoms with van der Waals surface area (Å²) in [6.45, 7) is 3.84. The second-order valence-corrected chi connectivity index (χ2v) is 9.19. The van der Waals surface area contributed by atoms with Gasteiger partial charge in [-0.15, -0.1) is 0 Å². The fourth-order valence-electron chi connectivity index (χ4n) is 3.29. The van der Waals surface area contributed by atoms with Gasteiger partial charge in [0.25, 0.3) is 5.91 Å². The molecule has 34 heavy (non-hydrogen) atoms. The van der Waals surface area contributed by atoms with E-state index in [1.165, 1.54) is 42.3 Å². The molecule has 0 unspecified atom stereocenters. The van der Waals surface area contributed by atoms with Gasteiger partial charge in [0, 0.05) is 12.6 Å². The number of carbonyl (C=O) groups is 1. The van der Waals surface area contributed by atoms with Crippen LogP contribution in [0, 0.1) is 11.6 Å². The first-order chi connectivity index (χ1) is 16.2. The lowest BCUT2D eigenvalue weighted by molar-refractivity contribution is 0.0666. The second-order valence-electron chi connectivity index (χ2n) is 7.65. The third-order valence-electron chi connectivity index (χ3n) is 5.37. The fourth-order valence-corrected chi connectivity index (χ4v) is 4.22. The lowest BCUT2D eigenvalue weighted by Crippen LogP contribution is -2.38. The van der Waals surface area contributed by atoms with Crippen LogP contribution in [0.1, 0.15) is 36.2 Å². The van der Waals surface area contributed by atoms with Crippen LogP contribution in [-0.4, -0.2) is 32.4 Å². The predicted octanol–water partition coefficient (Wildman–Crippen LogP) is 5.18. The highest BCUT2D eigenvalue weighted by atomic mass is 32.2. The molecule has 180 valence electrons. The van der Waals surface area contributed by atoms with E-state index < -0.39 is 27.7 Å². The highest BCUT2D eigenvalue weighted by Crippen LogP contribution is 2.32. The summed E-state index contributed by atoms with van der Waals surface area (Å²) in [5, 5.41) is 0. The van der Waals surface area contributed by atoms with Crippen molar-refractivity contribution >= 4 is 16.0 Å². The van der Waals surface area contributed by atoms with Crippen molar-refractivity contribution in [1.82, 2.24) is 4.90 Å². The summed E-state index contributed by atoms with van der Waals surface area (Å²) in [6.07, 6.45) is 0.624. The van der Waals surface area contributed by atoms with Crippen LogP contribution in [0.25, 0.3) is 0 Å². The minimum atomic E-state index is -4.27. The first-order valence-electron chi connectivity index (χ1n) is 10.6. The zero-order valence-corrected chi connectivity index (χ0v) is 19.8. The van der Waals surface area contributed by atoms with Gasteiger partial charge in [-0.2, -0.15) is 8.42 Å². The van der Waals surface area contributed by atoms with Crippen LogP contribution in [0.2, 0.25) is 0 Å². The van der Waals surface area contributed by atoms with E-state index in [4.69, 9.17) is 8.92 Å². The SMILES string of the molecule is CC[C@@H](C)N(Cc1ccc(OC)c(OS(=O)(=O)c2ccc(F)cc2)c1)C(=O)c1ccccc1F. The molecular weight excluding hydrogens is 464 g/mol. The topological polar surface area (TPSA) is 72.9 Å². The van der Waals surface area contributed by atoms with Gasteiger partial charge in [0.15, 0.2) is 11.5 Å². The Hall–Kier alpha value is -3.46. The summed E-state index contributed by atoms with van der Waals surface area (Å²) in [5.74, 6) is -1.62. The average Bonchev–Trinajstić information content (AvgIpc) is 2.82. The molecule has 0 saturated carbocycles. The van der Waals surface area contributed by atoms with Crippen LogP contribution < -0.4 is 8.92 Å². The lowest BCUT2D eigenvalue weighted by Gasteiger charge is -2.29. The molecule has 0 heterocycles. The molecule has 0 N–H and O–H groups in total. The van der Waals surface area contributed by atoms with Crippen LogP contribution in [0.3, 0.4) is 0 Å². The van der Waals surface area contributed by atoms with Gasteiger partial charge in [-0.1, -0.05) is 25.1 Å². The van der Waals surface area contributed by atoms with Gasteiger partial charge in [-0.25, -0.2) is 8.78 Å². The van der Waals surface area contributed by atoms with E-state index in [0.717, 1.165) is 24.3 Å². The summed E-state index contributed by atoms with van der Waals surface area (Å²) in [4.78, 5) is 14.4. The molecule has 0 spiro atoms. The number of carbonyl (C=O) groups excluding carboxylic acids is 1. The maximum absolute atomic E-state index is 14.3. The Balaban J connectivity index is 1.93. The van der Waals surface area contributed by atoms with Gasteiger partial charge in [-0.05, 0) is 67.4 Å². The Morgan fingerprint density at radius 1 is 1.00 bits per heavy atom. The molecule has 9 heteroatoms. The van der Waals surface area contributed by atoms with Crippen LogP contribution >= 0.6 is 0 Å². The first kappa shape index (κ1) is 25.2. The Morgan fingerprint density at radius 3 is 2.29 bits per heavy atom. The highest BCUT2D eigenvalue weighted by Gasteiger charge is 2.25. The molecule has 0 fully saturated rings. The number of hydrogen-bond donors (Lipinski definition) is 0. The van der Waals surface area contributed by atoms with Crippen molar-refractivity contribution in [2.75, 3.05) is 7.11 Å². The van der Waals surface area contributed by atoms with Gasteiger partial charge in [-0.3, -0.25) is 4.79 Å². The molecule has 0 aromatic heterocycles. The summed E-state index contributed by atoms with van der Waals surface area (Å²) in [7, 11) is -2.91. The smallest absolute Gasteiger partial charge is 0.339 e. The number of nitrogens with zero attached hydrogens (tertiary/aromatic N) is 1. The van der Waals surface area contributed by atoms with Gasteiger partial charge in [0.1, 0.15) is 16.5 Å². The van der Waals surface area contributed by atoms with Gasteiger partial charge < -0.3 is 13.8 Å². The Labute approximate surface area is 197 Å². The van der Waals surface area contributed by atoms with Gasteiger partial charge >= 0.3 is 10.1 Å². The summed E-state index contributed by atoms with van der Waals surface area (Å²) >= 11 is 0. The van der Waals surface area contributed by atoms with Gasteiger partial charge in [0.2, 0.25) is 0 Å². The molecule has 0 aliphatic carbocycles. The van der Waals surface area contributed by atoms with E-state index in [9.17, 15) is 22.0 Å². The molecule has 3 aromatic carbocycles.